The Labute approximate surface area is 154 Å². The fraction of sp³-hybridized carbons (Fsp3) is 0.950. The van der Waals surface area contributed by atoms with Gasteiger partial charge in [-0.3, -0.25) is 8.98 Å². The molecule has 2 aliphatic rings. The third-order valence-corrected chi connectivity index (χ3v) is 8.20. The van der Waals surface area contributed by atoms with Crippen LogP contribution in [-0.2, 0) is 19.1 Å². The maximum atomic E-state index is 12.5. The highest BCUT2D eigenvalue weighted by molar-refractivity contribution is 7.86. The number of ketones is 1. The summed E-state index contributed by atoms with van der Waals surface area (Å²) in [5.41, 5.74) is -0.936. The summed E-state index contributed by atoms with van der Waals surface area (Å²) in [6.45, 7) is 6.59. The number of carbonyl (C=O) groups excluding carboxylic acids is 1. The van der Waals surface area contributed by atoms with Crippen molar-refractivity contribution in [3.05, 3.63) is 0 Å². The molecule has 0 aliphatic heterocycles. The zero-order valence-corrected chi connectivity index (χ0v) is 17.1. The lowest BCUT2D eigenvalue weighted by Crippen LogP contribution is -2.42. The number of Topliss-reactive ketones (excluding diaryl/α,β-unsaturated/α-hetero) is 1. The third kappa shape index (κ3) is 4.65. The van der Waals surface area contributed by atoms with E-state index in [1.807, 2.05) is 0 Å². The second-order valence-electron chi connectivity index (χ2n) is 8.67. The Bertz CT molecular complexity index is 552. The molecule has 5 heteroatoms. The molecule has 2 atom stereocenters. The van der Waals surface area contributed by atoms with Crippen molar-refractivity contribution in [1.29, 1.82) is 0 Å². The van der Waals surface area contributed by atoms with Gasteiger partial charge in [0, 0.05) is 6.42 Å². The van der Waals surface area contributed by atoms with E-state index < -0.39 is 15.5 Å². The first-order chi connectivity index (χ1) is 11.8. The predicted octanol–water partition coefficient (Wildman–Crippen LogP) is 4.87. The van der Waals surface area contributed by atoms with Gasteiger partial charge in [0.05, 0.1) is 17.8 Å². The molecule has 0 aromatic carbocycles. The van der Waals surface area contributed by atoms with E-state index in [-0.39, 0.29) is 23.6 Å². The summed E-state index contributed by atoms with van der Waals surface area (Å²) in [6, 6.07) is 0. The van der Waals surface area contributed by atoms with Crippen molar-refractivity contribution < 1.29 is 17.4 Å². The van der Waals surface area contributed by atoms with Crippen LogP contribution in [0.25, 0.3) is 0 Å². The molecule has 2 unspecified atom stereocenters. The van der Waals surface area contributed by atoms with Crippen LogP contribution in [0.2, 0.25) is 0 Å². The lowest BCUT2D eigenvalue weighted by molar-refractivity contribution is -0.128. The molecule has 2 rings (SSSR count). The van der Waals surface area contributed by atoms with Gasteiger partial charge in [0.15, 0.2) is 0 Å². The van der Waals surface area contributed by atoms with Gasteiger partial charge in [-0.15, -0.1) is 0 Å². The highest BCUT2D eigenvalue weighted by atomic mass is 32.2. The first kappa shape index (κ1) is 20.9. The van der Waals surface area contributed by atoms with Gasteiger partial charge in [-0.1, -0.05) is 65.7 Å². The minimum absolute atomic E-state index is 0.126. The lowest BCUT2D eigenvalue weighted by atomic mass is 9.70. The van der Waals surface area contributed by atoms with Gasteiger partial charge in [-0.2, -0.15) is 8.42 Å². The molecule has 0 aromatic rings. The molecule has 2 aliphatic carbocycles. The van der Waals surface area contributed by atoms with Gasteiger partial charge in [0.1, 0.15) is 5.78 Å². The van der Waals surface area contributed by atoms with E-state index in [1.54, 1.807) is 0 Å². The lowest BCUT2D eigenvalue weighted by Gasteiger charge is -2.35. The Hall–Kier alpha value is -0.420. The monoisotopic (exact) mass is 372 g/mol. The number of fused-ring (bicyclic) bond motifs is 2. The molecule has 0 spiro atoms. The number of carbonyl (C=O) groups is 1. The van der Waals surface area contributed by atoms with E-state index in [2.05, 4.69) is 20.8 Å². The van der Waals surface area contributed by atoms with Crippen molar-refractivity contribution in [3.63, 3.8) is 0 Å². The van der Waals surface area contributed by atoms with Crippen LogP contribution in [0.5, 0.6) is 0 Å². The normalized spacial score (nSPS) is 28.0. The van der Waals surface area contributed by atoms with Gasteiger partial charge in [-0.05, 0) is 30.6 Å². The highest BCUT2D eigenvalue weighted by Gasteiger charge is 2.65. The van der Waals surface area contributed by atoms with Crippen molar-refractivity contribution in [2.24, 2.45) is 16.7 Å². The van der Waals surface area contributed by atoms with Crippen LogP contribution in [-0.4, -0.2) is 26.6 Å². The molecule has 0 radical (unpaired) electrons. The van der Waals surface area contributed by atoms with Gasteiger partial charge in [0.2, 0.25) is 0 Å². The van der Waals surface area contributed by atoms with E-state index in [1.165, 1.54) is 32.1 Å². The SMILES string of the molecule is CCCCCCCCCCOS(=O)(=O)CC12CCC(CC1=O)C2(C)C. The smallest absolute Gasteiger partial charge is 0.268 e. The highest BCUT2D eigenvalue weighted by Crippen LogP contribution is 2.64. The molecular formula is C20H36O4S. The van der Waals surface area contributed by atoms with Crippen LogP contribution in [0, 0.1) is 16.7 Å². The molecule has 0 amide bonds. The molecule has 2 saturated carbocycles. The van der Waals surface area contributed by atoms with Crippen LogP contribution in [0.3, 0.4) is 0 Å². The molecule has 0 N–H and O–H groups in total. The summed E-state index contributed by atoms with van der Waals surface area (Å²) >= 11 is 0. The maximum absolute atomic E-state index is 12.5. The Morgan fingerprint density at radius 2 is 1.64 bits per heavy atom. The largest absolute Gasteiger partial charge is 0.299 e. The van der Waals surface area contributed by atoms with E-state index >= 15 is 0 Å². The maximum Gasteiger partial charge on any atom is 0.268 e. The van der Waals surface area contributed by atoms with Crippen molar-refractivity contribution in [1.82, 2.24) is 0 Å². The second kappa shape index (κ2) is 8.51. The quantitative estimate of drug-likeness (QED) is 0.362. The number of hydrogen-bond acceptors (Lipinski definition) is 4. The van der Waals surface area contributed by atoms with Crippen molar-refractivity contribution >= 4 is 15.9 Å². The Morgan fingerprint density at radius 3 is 2.16 bits per heavy atom. The molecule has 2 fully saturated rings. The standard InChI is InChI=1S/C20H36O4S/c1-4-5-6-7-8-9-10-11-14-24-25(22,23)16-20-13-12-17(15-18(20)21)19(20,2)3/h17H,4-16H2,1-3H3. The number of rotatable bonds is 12. The van der Waals surface area contributed by atoms with E-state index in [0.717, 1.165) is 25.7 Å². The first-order valence-corrected chi connectivity index (χ1v) is 11.7. The van der Waals surface area contributed by atoms with Crippen LogP contribution < -0.4 is 0 Å². The van der Waals surface area contributed by atoms with Gasteiger partial charge in [-0.25, -0.2) is 0 Å². The van der Waals surface area contributed by atoms with Crippen molar-refractivity contribution in [2.75, 3.05) is 12.4 Å². The van der Waals surface area contributed by atoms with Crippen LogP contribution in [0.1, 0.15) is 91.4 Å². The van der Waals surface area contributed by atoms with Crippen LogP contribution in [0.4, 0.5) is 0 Å². The average molecular weight is 373 g/mol. The Balaban J connectivity index is 1.71. The molecule has 4 nitrogen and oxygen atoms in total. The van der Waals surface area contributed by atoms with Crippen LogP contribution >= 0.6 is 0 Å². The zero-order valence-electron chi connectivity index (χ0n) is 16.3. The van der Waals surface area contributed by atoms with Crippen molar-refractivity contribution in [2.45, 2.75) is 91.4 Å². The summed E-state index contributed by atoms with van der Waals surface area (Å²) < 4.78 is 30.1. The summed E-state index contributed by atoms with van der Waals surface area (Å²) in [4.78, 5) is 12.5. The molecule has 0 heterocycles. The Kier molecular flexibility index (Phi) is 7.11. The fourth-order valence-corrected chi connectivity index (χ4v) is 6.61. The molecule has 0 aromatic heterocycles. The molecule has 25 heavy (non-hydrogen) atoms. The van der Waals surface area contributed by atoms with E-state index in [4.69, 9.17) is 4.18 Å². The minimum atomic E-state index is -3.64. The Morgan fingerprint density at radius 1 is 1.04 bits per heavy atom. The first-order valence-electron chi connectivity index (χ1n) is 10.2. The number of hydrogen-bond donors (Lipinski definition) is 0. The second-order valence-corrected chi connectivity index (χ2v) is 10.3. The van der Waals surface area contributed by atoms with Gasteiger partial charge >= 0.3 is 0 Å². The molecule has 0 saturated heterocycles. The summed E-state index contributed by atoms with van der Waals surface area (Å²) in [5, 5.41) is 0. The fourth-order valence-electron chi connectivity index (χ4n) is 4.87. The van der Waals surface area contributed by atoms with E-state index in [0.29, 0.717) is 18.8 Å². The number of unbranched alkanes of at least 4 members (excludes halogenated alkanes) is 7. The third-order valence-electron chi connectivity index (χ3n) is 6.82. The summed E-state index contributed by atoms with van der Waals surface area (Å²) in [5.74, 6) is 0.343. The van der Waals surface area contributed by atoms with Gasteiger partial charge in [0.25, 0.3) is 10.1 Å². The average Bonchev–Trinajstić information content (AvgIpc) is 2.87. The minimum Gasteiger partial charge on any atom is -0.299 e. The molecule has 146 valence electrons. The zero-order chi connectivity index (χ0) is 18.6. The topological polar surface area (TPSA) is 60.4 Å². The van der Waals surface area contributed by atoms with Crippen molar-refractivity contribution in [3.8, 4) is 0 Å². The van der Waals surface area contributed by atoms with Crippen LogP contribution in [0.15, 0.2) is 0 Å². The molecule has 2 bridgehead atoms. The predicted molar refractivity (Wildman–Crippen MR) is 101 cm³/mol. The van der Waals surface area contributed by atoms with E-state index in [9.17, 15) is 13.2 Å². The summed E-state index contributed by atoms with van der Waals surface area (Å²) in [6.07, 6.45) is 11.5. The molecular weight excluding hydrogens is 336 g/mol. The van der Waals surface area contributed by atoms with Gasteiger partial charge < -0.3 is 0 Å². The summed E-state index contributed by atoms with van der Waals surface area (Å²) in [7, 11) is -3.64.